The zero-order valence-electron chi connectivity index (χ0n) is 6.25. The molecule has 1 rings (SSSR count). The topological polar surface area (TPSA) is 97.5 Å². The zero-order chi connectivity index (χ0) is 10.1. The monoisotopic (exact) mass is 251 g/mol. The van der Waals surface area contributed by atoms with Crippen molar-refractivity contribution in [1.82, 2.24) is 0 Å². The van der Waals surface area contributed by atoms with Crippen molar-refractivity contribution in [2.24, 2.45) is 0 Å². The van der Waals surface area contributed by atoms with E-state index in [1.165, 1.54) is 6.07 Å². The number of nitrogens with zero attached hydrogens (tertiary/aromatic N) is 1. The minimum absolute atomic E-state index is 0.361. The van der Waals surface area contributed by atoms with E-state index in [2.05, 4.69) is 0 Å². The average Bonchev–Trinajstić information content (AvgIpc) is 2.03. The van der Waals surface area contributed by atoms with Crippen molar-refractivity contribution in [1.29, 1.82) is 0 Å². The summed E-state index contributed by atoms with van der Waals surface area (Å²) in [6, 6.07) is 4.27. The van der Waals surface area contributed by atoms with E-state index in [9.17, 15) is 17.8 Å². The molecule has 6 nitrogen and oxygen atoms in total. The molecule has 7 heteroatoms. The van der Waals surface area contributed by atoms with Crippen LogP contribution >= 0.6 is 0 Å². The predicted molar refractivity (Wildman–Crippen MR) is 42.1 cm³/mol. The van der Waals surface area contributed by atoms with Crippen LogP contribution in [0.2, 0.25) is 0 Å². The van der Waals surface area contributed by atoms with Gasteiger partial charge in [-0.05, 0) is 0 Å². The molecule has 0 aliphatic heterocycles. The molecule has 13 heavy (non-hydrogen) atoms. The molecule has 0 aromatic heterocycles. The third-order valence-corrected chi connectivity index (χ3v) is 3.11. The van der Waals surface area contributed by atoms with E-state index in [0.717, 1.165) is 18.2 Å². The molecule has 0 atom stereocenters. The average molecular weight is 250 g/mol. The van der Waals surface area contributed by atoms with Gasteiger partial charge in [-0.25, -0.2) is 0 Å². The Morgan fingerprint density at radius 1 is 1.38 bits per heavy atom. The molecule has 0 unspecified atom stereocenters. The van der Waals surface area contributed by atoms with Gasteiger partial charge in [-0.3, -0.25) is 0 Å². The van der Waals surface area contributed by atoms with Gasteiger partial charge >= 0.3 is 74.3 Å². The number of benzene rings is 1. The Kier molecular flexibility index (Phi) is 2.42. The molecule has 70 valence electrons. The SMILES string of the molecule is O=[N+]([O-])c1cccc([Se](=O)(=O)O)c1. The van der Waals surface area contributed by atoms with Gasteiger partial charge in [0, 0.05) is 0 Å². The van der Waals surface area contributed by atoms with Crippen LogP contribution in [0.3, 0.4) is 0 Å². The van der Waals surface area contributed by atoms with Gasteiger partial charge in [0.25, 0.3) is 0 Å². The van der Waals surface area contributed by atoms with Gasteiger partial charge in [0.1, 0.15) is 0 Å². The van der Waals surface area contributed by atoms with Crippen molar-refractivity contribution in [2.75, 3.05) is 0 Å². The first kappa shape index (κ1) is 9.78. The van der Waals surface area contributed by atoms with Crippen molar-refractivity contribution in [2.45, 2.75) is 0 Å². The summed E-state index contributed by atoms with van der Waals surface area (Å²) in [7, 11) is 0. The third kappa shape index (κ3) is 2.32. The number of hydrogen-bond donors (Lipinski definition) is 1. The van der Waals surface area contributed by atoms with Crippen molar-refractivity contribution >= 4 is 23.2 Å². The second-order valence-electron chi connectivity index (χ2n) is 2.23. The molecule has 1 N–H and O–H groups in total. The molecule has 0 bridgehead atoms. The molecule has 0 amide bonds. The fourth-order valence-corrected chi connectivity index (χ4v) is 1.85. The Balaban J connectivity index is 3.29. The number of hydrogen-bond acceptors (Lipinski definition) is 4. The van der Waals surface area contributed by atoms with E-state index in [4.69, 9.17) is 4.19 Å². The van der Waals surface area contributed by atoms with Crippen LogP contribution in [0, 0.1) is 10.1 Å². The number of rotatable bonds is 2. The van der Waals surface area contributed by atoms with Crippen LogP contribution in [0.4, 0.5) is 5.69 Å². The summed E-state index contributed by atoms with van der Waals surface area (Å²) in [5, 5.41) is 10.2. The van der Waals surface area contributed by atoms with Crippen LogP contribution in [0.1, 0.15) is 0 Å². The van der Waals surface area contributed by atoms with Crippen molar-refractivity contribution in [3.05, 3.63) is 34.4 Å². The predicted octanol–water partition coefficient (Wildman–Crippen LogP) is -0.406. The van der Waals surface area contributed by atoms with Crippen LogP contribution in [0.5, 0.6) is 0 Å². The first-order valence-corrected chi connectivity index (χ1v) is 6.15. The molecule has 1 aromatic carbocycles. The molecule has 1 aromatic rings. The first-order chi connectivity index (χ1) is 5.91. The second-order valence-corrected chi connectivity index (χ2v) is 5.21. The second kappa shape index (κ2) is 3.21. The molecule has 0 spiro atoms. The normalized spacial score (nSPS) is 11.2. The van der Waals surface area contributed by atoms with Crippen molar-refractivity contribution in [3.8, 4) is 0 Å². The Bertz CT molecular complexity index is 438. The van der Waals surface area contributed by atoms with Gasteiger partial charge in [-0.2, -0.15) is 0 Å². The molecule has 0 aliphatic rings. The molecule has 0 saturated carbocycles. The van der Waals surface area contributed by atoms with Crippen LogP contribution in [-0.2, 0) is 7.67 Å². The van der Waals surface area contributed by atoms with Crippen molar-refractivity contribution < 1.29 is 16.8 Å². The minimum atomic E-state index is -5.09. The van der Waals surface area contributed by atoms with E-state index in [1.807, 2.05) is 0 Å². The van der Waals surface area contributed by atoms with E-state index >= 15 is 0 Å². The number of nitro groups is 1. The maximum atomic E-state index is 10.6. The zero-order valence-corrected chi connectivity index (χ0v) is 7.96. The quantitative estimate of drug-likeness (QED) is 0.437. The summed E-state index contributed by atoms with van der Waals surface area (Å²) in [5.41, 5.74) is -0.361. The summed E-state index contributed by atoms with van der Waals surface area (Å²) < 4.78 is 29.4. The standard InChI is InChI=1S/C6H5NO5Se/c8-7(9)5-2-1-3-6(4-5)13(10,11)12/h1-4H,(H,10,11,12). The molecular formula is C6H5NO5Se. The van der Waals surface area contributed by atoms with E-state index in [-0.39, 0.29) is 5.69 Å². The number of nitro benzene ring substituents is 1. The summed E-state index contributed by atoms with van der Waals surface area (Å²) in [4.78, 5) is 9.49. The van der Waals surface area contributed by atoms with Gasteiger partial charge in [0.2, 0.25) is 0 Å². The van der Waals surface area contributed by atoms with E-state index in [0.29, 0.717) is 0 Å². The summed E-state index contributed by atoms with van der Waals surface area (Å²) in [6.07, 6.45) is 0. The van der Waals surface area contributed by atoms with Crippen LogP contribution in [0.15, 0.2) is 24.3 Å². The van der Waals surface area contributed by atoms with Crippen LogP contribution < -0.4 is 4.46 Å². The third-order valence-electron chi connectivity index (χ3n) is 1.33. The Morgan fingerprint density at radius 2 is 2.00 bits per heavy atom. The maximum absolute atomic E-state index is 10.6. The summed E-state index contributed by atoms with van der Waals surface area (Å²) in [5.74, 6) is 0. The van der Waals surface area contributed by atoms with Gasteiger partial charge in [0.05, 0.1) is 0 Å². The van der Waals surface area contributed by atoms with Gasteiger partial charge < -0.3 is 0 Å². The Hall–Kier alpha value is -1.30. The summed E-state index contributed by atoms with van der Waals surface area (Å²) >= 11 is -5.09. The first-order valence-electron chi connectivity index (χ1n) is 3.13. The fourth-order valence-electron chi connectivity index (χ4n) is 0.758. The van der Waals surface area contributed by atoms with E-state index < -0.39 is 22.4 Å². The summed E-state index contributed by atoms with van der Waals surface area (Å²) in [6.45, 7) is 0. The molecule has 0 fully saturated rings. The molecule has 0 aliphatic carbocycles. The molecule has 0 radical (unpaired) electrons. The Labute approximate surface area is 74.9 Å². The van der Waals surface area contributed by atoms with Gasteiger partial charge in [-0.1, -0.05) is 0 Å². The van der Waals surface area contributed by atoms with Crippen LogP contribution in [0.25, 0.3) is 0 Å². The molecule has 0 saturated heterocycles. The molecule has 0 heterocycles. The number of non-ortho nitro benzene ring substituents is 1. The van der Waals surface area contributed by atoms with Crippen molar-refractivity contribution in [3.63, 3.8) is 0 Å². The Morgan fingerprint density at radius 3 is 2.46 bits per heavy atom. The van der Waals surface area contributed by atoms with Crippen LogP contribution in [-0.4, -0.2) is 22.2 Å². The van der Waals surface area contributed by atoms with E-state index in [1.54, 1.807) is 0 Å². The van der Waals surface area contributed by atoms with Gasteiger partial charge in [-0.15, -0.1) is 0 Å². The fraction of sp³-hybridized carbons (Fsp3) is 0. The van der Waals surface area contributed by atoms with Gasteiger partial charge in [0.15, 0.2) is 0 Å². The molecular weight excluding hydrogens is 245 g/mol.